The van der Waals surface area contributed by atoms with Crippen LogP contribution in [-0.2, 0) is 10.8 Å². The van der Waals surface area contributed by atoms with Gasteiger partial charge in [-0.3, -0.25) is 0 Å². The molecule has 0 amide bonds. The lowest BCUT2D eigenvalue weighted by molar-refractivity contribution is -0.000237. The van der Waals surface area contributed by atoms with Gasteiger partial charge in [-0.25, -0.2) is 9.97 Å². The predicted octanol–water partition coefficient (Wildman–Crippen LogP) is 13.1. The van der Waals surface area contributed by atoms with E-state index in [1.807, 2.05) is 11.3 Å². The van der Waals surface area contributed by atoms with Gasteiger partial charge in [0.15, 0.2) is 5.82 Å². The van der Waals surface area contributed by atoms with Crippen LogP contribution < -0.4 is 4.74 Å². The van der Waals surface area contributed by atoms with Gasteiger partial charge in [-0.1, -0.05) is 103 Å². The number of para-hydroxylation sites is 2. The molecule has 3 bridgehead atoms. The van der Waals surface area contributed by atoms with Gasteiger partial charge in [-0.2, -0.15) is 0 Å². The molecule has 268 valence electrons. The molecule has 56 heavy (non-hydrogen) atoms. The Morgan fingerprint density at radius 1 is 0.571 bits per heavy atom. The lowest BCUT2D eigenvalue weighted by Gasteiger charge is -2.49. The Hall–Kier alpha value is -5.58. The zero-order chi connectivity index (χ0) is 36.4. The fourth-order valence-corrected chi connectivity index (χ4v) is 14.7. The van der Waals surface area contributed by atoms with E-state index in [1.165, 1.54) is 103 Å². The Morgan fingerprint density at radius 2 is 1.30 bits per heavy atom. The summed E-state index contributed by atoms with van der Waals surface area (Å²) in [4.78, 5) is 11.5. The second kappa shape index (κ2) is 10.4. The number of aromatic nitrogens is 2. The molecule has 6 aliphatic rings. The normalized spacial score (nSPS) is 26.4. The topological polar surface area (TPSA) is 35.0 Å². The van der Waals surface area contributed by atoms with E-state index in [0.717, 1.165) is 46.3 Å². The van der Waals surface area contributed by atoms with Crippen LogP contribution in [0, 0.1) is 23.2 Å². The standard InChI is InChI=1S/C52H38N2OS/c1-3-13-38-35(11-1)48-36(12-9-16-41(48)52(38)39-14-4-6-17-43(39)55-44-18-7-5-15-40(44)52)49-53-42(31-20-21-46-37(23-31)34-10-2-8-19-45(34)56-46)25-47(54-49)50-26-30-22-32-24-33(28-50)51(32,27-30)29-50/h1-21,23,25,30,32-33H,22,24,26-29H2/t30-,32-,33?,50?,51?/m0/s1. The molecule has 5 aliphatic carbocycles. The maximum atomic E-state index is 6.65. The second-order valence-electron chi connectivity index (χ2n) is 17.9. The number of fused-ring (bicyclic) bond motifs is 14. The average molecular weight is 739 g/mol. The lowest BCUT2D eigenvalue weighted by atomic mass is 9.55. The van der Waals surface area contributed by atoms with E-state index >= 15 is 0 Å². The van der Waals surface area contributed by atoms with E-state index < -0.39 is 5.41 Å². The number of ether oxygens (including phenoxy) is 1. The maximum absolute atomic E-state index is 6.65. The van der Waals surface area contributed by atoms with Crippen LogP contribution in [0.25, 0.3) is 53.9 Å². The van der Waals surface area contributed by atoms with Gasteiger partial charge in [0.05, 0.1) is 16.8 Å². The SMILES string of the molecule is c1ccc2c(c1)Oc1ccccc1C21c2ccccc2-c2c(-c3nc(-c4ccc5sc6ccccc6c5c4)cc(C45CC6C[C@@H]7C[C@@H](C4)CC67C5)n3)cccc21. The fraction of sp³-hybridized carbons (Fsp3) is 0.231. The Labute approximate surface area is 330 Å². The molecule has 2 spiro atoms. The molecule has 14 rings (SSSR count). The van der Waals surface area contributed by atoms with Crippen molar-refractivity contribution in [1.82, 2.24) is 9.97 Å². The molecule has 6 aromatic carbocycles. The first-order valence-electron chi connectivity index (χ1n) is 20.5. The van der Waals surface area contributed by atoms with Crippen molar-refractivity contribution in [2.45, 2.75) is 49.4 Å². The summed E-state index contributed by atoms with van der Waals surface area (Å²) < 4.78 is 9.30. The highest BCUT2D eigenvalue weighted by molar-refractivity contribution is 7.25. The van der Waals surface area contributed by atoms with Crippen LogP contribution in [-0.4, -0.2) is 9.97 Å². The van der Waals surface area contributed by atoms with E-state index in [-0.39, 0.29) is 5.41 Å². The number of benzene rings is 6. The van der Waals surface area contributed by atoms with Gasteiger partial charge in [-0.05, 0) is 120 Å². The molecule has 2 aromatic heterocycles. The van der Waals surface area contributed by atoms with Gasteiger partial charge in [0.25, 0.3) is 0 Å². The smallest absolute Gasteiger partial charge is 0.160 e. The number of hydrogen-bond donors (Lipinski definition) is 0. The fourth-order valence-electron chi connectivity index (χ4n) is 13.6. The van der Waals surface area contributed by atoms with E-state index in [9.17, 15) is 0 Å². The summed E-state index contributed by atoms with van der Waals surface area (Å²) in [5, 5.41) is 2.64. The van der Waals surface area contributed by atoms with E-state index in [4.69, 9.17) is 14.7 Å². The van der Waals surface area contributed by atoms with Crippen molar-refractivity contribution in [3.05, 3.63) is 167 Å². The van der Waals surface area contributed by atoms with Crippen LogP contribution in [0.2, 0.25) is 0 Å². The van der Waals surface area contributed by atoms with Crippen molar-refractivity contribution < 1.29 is 4.74 Å². The highest BCUT2D eigenvalue weighted by Gasteiger charge is 2.71. The highest BCUT2D eigenvalue weighted by Crippen LogP contribution is 2.79. The summed E-state index contributed by atoms with van der Waals surface area (Å²) in [5.41, 5.74) is 12.2. The monoisotopic (exact) mass is 738 g/mol. The number of nitrogens with zero attached hydrogens (tertiary/aromatic N) is 2. The summed E-state index contributed by atoms with van der Waals surface area (Å²) >= 11 is 1.88. The minimum absolute atomic E-state index is 0.125. The summed E-state index contributed by atoms with van der Waals surface area (Å²) in [6.07, 6.45) is 8.19. The Balaban J connectivity index is 1.04. The van der Waals surface area contributed by atoms with Crippen molar-refractivity contribution in [3.63, 3.8) is 0 Å². The minimum atomic E-state index is -0.529. The van der Waals surface area contributed by atoms with Crippen LogP contribution in [0.5, 0.6) is 11.5 Å². The molecule has 5 atom stereocenters. The average Bonchev–Trinajstić information content (AvgIpc) is 3.88. The van der Waals surface area contributed by atoms with E-state index in [1.54, 1.807) is 0 Å². The number of hydrogen-bond acceptors (Lipinski definition) is 4. The molecule has 3 unspecified atom stereocenters. The summed E-state index contributed by atoms with van der Waals surface area (Å²) in [5.74, 6) is 5.30. The zero-order valence-electron chi connectivity index (χ0n) is 31.0. The second-order valence-corrected chi connectivity index (χ2v) is 19.0. The first-order chi connectivity index (χ1) is 27.6. The van der Waals surface area contributed by atoms with Crippen LogP contribution in [0.4, 0.5) is 0 Å². The Bertz CT molecular complexity index is 2980. The number of thiophene rings is 1. The third kappa shape index (κ3) is 3.66. The first kappa shape index (κ1) is 30.6. The van der Waals surface area contributed by atoms with Crippen LogP contribution >= 0.6 is 11.3 Å². The van der Waals surface area contributed by atoms with Gasteiger partial charge in [0.2, 0.25) is 0 Å². The Kier molecular flexibility index (Phi) is 5.70. The molecule has 1 aliphatic heterocycles. The molecule has 4 saturated carbocycles. The summed E-state index contributed by atoms with van der Waals surface area (Å²) in [6.45, 7) is 0. The molecule has 0 radical (unpaired) electrons. The quantitative estimate of drug-likeness (QED) is 0.181. The molecule has 4 fully saturated rings. The zero-order valence-corrected chi connectivity index (χ0v) is 31.8. The highest BCUT2D eigenvalue weighted by atomic mass is 32.1. The van der Waals surface area contributed by atoms with E-state index in [2.05, 4.69) is 140 Å². The van der Waals surface area contributed by atoms with Crippen molar-refractivity contribution in [2.75, 3.05) is 0 Å². The van der Waals surface area contributed by atoms with Gasteiger partial charge in [0.1, 0.15) is 11.5 Å². The van der Waals surface area contributed by atoms with Gasteiger partial charge < -0.3 is 4.74 Å². The predicted molar refractivity (Wildman–Crippen MR) is 225 cm³/mol. The molecule has 8 aromatic rings. The third-order valence-corrected chi connectivity index (χ3v) is 16.7. The molecule has 4 heteroatoms. The molecule has 0 N–H and O–H groups in total. The van der Waals surface area contributed by atoms with Crippen molar-refractivity contribution in [1.29, 1.82) is 0 Å². The first-order valence-corrected chi connectivity index (χ1v) is 21.3. The Morgan fingerprint density at radius 3 is 2.18 bits per heavy atom. The summed E-state index contributed by atoms with van der Waals surface area (Å²) in [7, 11) is 0. The third-order valence-electron chi connectivity index (χ3n) is 15.5. The van der Waals surface area contributed by atoms with E-state index in [0.29, 0.717) is 5.41 Å². The largest absolute Gasteiger partial charge is 0.457 e. The summed E-state index contributed by atoms with van der Waals surface area (Å²) in [6, 6.07) is 51.5. The molecule has 0 saturated heterocycles. The molecular weight excluding hydrogens is 701 g/mol. The van der Waals surface area contributed by atoms with Gasteiger partial charge in [-0.15, -0.1) is 11.3 Å². The molecule has 3 heterocycles. The molecular formula is C52H38N2OS. The van der Waals surface area contributed by atoms with Crippen molar-refractivity contribution in [2.24, 2.45) is 23.2 Å². The van der Waals surface area contributed by atoms with Gasteiger partial charge >= 0.3 is 0 Å². The number of rotatable bonds is 3. The van der Waals surface area contributed by atoms with Crippen LogP contribution in [0.3, 0.4) is 0 Å². The maximum Gasteiger partial charge on any atom is 0.160 e. The lowest BCUT2D eigenvalue weighted by Crippen LogP contribution is -2.42. The van der Waals surface area contributed by atoms with Crippen molar-refractivity contribution >= 4 is 31.5 Å². The molecule has 3 nitrogen and oxygen atoms in total. The van der Waals surface area contributed by atoms with Crippen LogP contribution in [0.1, 0.15) is 66.5 Å². The van der Waals surface area contributed by atoms with Crippen molar-refractivity contribution in [3.8, 4) is 45.3 Å². The minimum Gasteiger partial charge on any atom is -0.457 e. The van der Waals surface area contributed by atoms with Crippen LogP contribution in [0.15, 0.2) is 140 Å². The van der Waals surface area contributed by atoms with Gasteiger partial charge in [0, 0.05) is 47.8 Å².